The van der Waals surface area contributed by atoms with Crippen LogP contribution in [0.2, 0.25) is 0 Å². The topological polar surface area (TPSA) is 108 Å². The number of anilines is 3. The molecule has 0 radical (unpaired) electrons. The SMILES string of the molecule is CCOc1ccc(C(=O)Nc2ccc(NC(=O)Nc3ccc(-c4nc5ccccc5[nH]4)cc3)cc2)cc1. The predicted octanol–water partition coefficient (Wildman–Crippen LogP) is 6.52. The molecule has 4 aromatic carbocycles. The largest absolute Gasteiger partial charge is 0.494 e. The summed E-state index contributed by atoms with van der Waals surface area (Å²) in [6, 6.07) is 28.8. The number of aromatic nitrogens is 2. The number of para-hydroxylation sites is 2. The summed E-state index contributed by atoms with van der Waals surface area (Å²) in [7, 11) is 0. The molecule has 0 fully saturated rings. The number of hydrogen-bond donors (Lipinski definition) is 4. The van der Waals surface area contributed by atoms with Crippen LogP contribution in [0.4, 0.5) is 21.9 Å². The Balaban J connectivity index is 1.15. The standard InChI is InChI=1S/C29H25N5O3/c1-2-37-24-17-9-20(10-18-24)28(35)30-21-13-15-23(16-14-21)32-29(36)31-22-11-7-19(8-12-22)27-33-25-5-3-4-6-26(25)34-27/h3-18H,2H2,1H3,(H,30,35)(H,33,34)(H2,31,32,36). The number of aromatic amines is 1. The summed E-state index contributed by atoms with van der Waals surface area (Å²) >= 11 is 0. The third kappa shape index (κ3) is 5.76. The van der Waals surface area contributed by atoms with Crippen molar-refractivity contribution in [3.63, 3.8) is 0 Å². The number of fused-ring (bicyclic) bond motifs is 1. The number of nitrogens with zero attached hydrogens (tertiary/aromatic N) is 1. The molecule has 0 saturated heterocycles. The van der Waals surface area contributed by atoms with Crippen molar-refractivity contribution in [2.45, 2.75) is 6.92 Å². The van der Waals surface area contributed by atoms with Gasteiger partial charge in [0.25, 0.3) is 5.91 Å². The van der Waals surface area contributed by atoms with Crippen molar-refractivity contribution >= 4 is 40.0 Å². The van der Waals surface area contributed by atoms with Crippen molar-refractivity contribution in [3.05, 3.63) is 103 Å². The highest BCUT2D eigenvalue weighted by molar-refractivity contribution is 6.04. The van der Waals surface area contributed by atoms with Crippen LogP contribution in [-0.4, -0.2) is 28.5 Å². The zero-order chi connectivity index (χ0) is 25.6. The highest BCUT2D eigenvalue weighted by Gasteiger charge is 2.09. The Morgan fingerprint density at radius 1 is 0.757 bits per heavy atom. The smallest absolute Gasteiger partial charge is 0.323 e. The number of hydrogen-bond acceptors (Lipinski definition) is 4. The van der Waals surface area contributed by atoms with E-state index in [4.69, 9.17) is 4.74 Å². The van der Waals surface area contributed by atoms with Crippen LogP contribution in [0.15, 0.2) is 97.1 Å². The molecule has 8 heteroatoms. The van der Waals surface area contributed by atoms with Gasteiger partial charge in [-0.2, -0.15) is 0 Å². The van der Waals surface area contributed by atoms with Crippen molar-refractivity contribution in [1.29, 1.82) is 0 Å². The maximum absolute atomic E-state index is 12.5. The number of benzene rings is 4. The monoisotopic (exact) mass is 491 g/mol. The zero-order valence-electron chi connectivity index (χ0n) is 20.1. The Morgan fingerprint density at radius 2 is 1.35 bits per heavy atom. The number of imidazole rings is 1. The number of carbonyl (C=O) groups excluding carboxylic acids is 2. The number of carbonyl (C=O) groups is 2. The molecule has 4 N–H and O–H groups in total. The molecule has 0 aliphatic rings. The second-order valence-electron chi connectivity index (χ2n) is 8.25. The zero-order valence-corrected chi connectivity index (χ0v) is 20.1. The molecule has 0 atom stereocenters. The normalized spacial score (nSPS) is 10.6. The first-order chi connectivity index (χ1) is 18.1. The van der Waals surface area contributed by atoms with Crippen molar-refractivity contribution in [1.82, 2.24) is 9.97 Å². The van der Waals surface area contributed by atoms with Gasteiger partial charge in [0.15, 0.2) is 0 Å². The minimum Gasteiger partial charge on any atom is -0.494 e. The maximum atomic E-state index is 12.5. The van der Waals surface area contributed by atoms with Crippen LogP contribution in [0.5, 0.6) is 5.75 Å². The van der Waals surface area contributed by atoms with Crippen molar-refractivity contribution in [3.8, 4) is 17.1 Å². The summed E-state index contributed by atoms with van der Waals surface area (Å²) in [6.07, 6.45) is 0. The summed E-state index contributed by atoms with van der Waals surface area (Å²) < 4.78 is 5.40. The Bertz CT molecular complexity index is 1490. The third-order valence-corrected chi connectivity index (χ3v) is 5.63. The fraction of sp³-hybridized carbons (Fsp3) is 0.0690. The average molecular weight is 492 g/mol. The van der Waals surface area contributed by atoms with Gasteiger partial charge in [-0.1, -0.05) is 12.1 Å². The number of ether oxygens (including phenoxy) is 1. The van der Waals surface area contributed by atoms with Crippen LogP contribution in [0.1, 0.15) is 17.3 Å². The van der Waals surface area contributed by atoms with Gasteiger partial charge < -0.3 is 25.7 Å². The van der Waals surface area contributed by atoms with Crippen LogP contribution in [0, 0.1) is 0 Å². The van der Waals surface area contributed by atoms with E-state index in [9.17, 15) is 9.59 Å². The summed E-state index contributed by atoms with van der Waals surface area (Å²) in [5.41, 5.74) is 5.18. The number of nitrogens with one attached hydrogen (secondary N) is 4. The van der Waals surface area contributed by atoms with Gasteiger partial charge in [0.1, 0.15) is 11.6 Å². The highest BCUT2D eigenvalue weighted by Crippen LogP contribution is 2.22. The fourth-order valence-corrected chi connectivity index (χ4v) is 3.80. The Morgan fingerprint density at radius 3 is 1.97 bits per heavy atom. The van der Waals surface area contributed by atoms with Crippen LogP contribution in [0.3, 0.4) is 0 Å². The van der Waals surface area contributed by atoms with E-state index in [1.807, 2.05) is 55.5 Å². The lowest BCUT2D eigenvalue weighted by molar-refractivity contribution is 0.102. The van der Waals surface area contributed by atoms with Gasteiger partial charge >= 0.3 is 6.03 Å². The van der Waals surface area contributed by atoms with Gasteiger partial charge in [0.05, 0.1) is 17.6 Å². The van der Waals surface area contributed by atoms with E-state index in [0.29, 0.717) is 29.2 Å². The maximum Gasteiger partial charge on any atom is 0.323 e. The third-order valence-electron chi connectivity index (χ3n) is 5.63. The molecule has 8 nitrogen and oxygen atoms in total. The number of rotatable bonds is 7. The van der Waals surface area contributed by atoms with E-state index in [0.717, 1.165) is 28.2 Å². The van der Waals surface area contributed by atoms with E-state index in [1.54, 1.807) is 48.5 Å². The first-order valence-corrected chi connectivity index (χ1v) is 11.8. The Hall–Kier alpha value is -5.11. The molecule has 0 aliphatic carbocycles. The van der Waals surface area contributed by atoms with Crippen LogP contribution >= 0.6 is 0 Å². The van der Waals surface area contributed by atoms with Crippen LogP contribution in [0.25, 0.3) is 22.4 Å². The highest BCUT2D eigenvalue weighted by atomic mass is 16.5. The van der Waals surface area contributed by atoms with Crippen molar-refractivity contribution < 1.29 is 14.3 Å². The number of H-pyrrole nitrogens is 1. The second kappa shape index (κ2) is 10.7. The van der Waals surface area contributed by atoms with Crippen molar-refractivity contribution in [2.24, 2.45) is 0 Å². The van der Waals surface area contributed by atoms with E-state index >= 15 is 0 Å². The quantitative estimate of drug-likeness (QED) is 0.208. The molecule has 37 heavy (non-hydrogen) atoms. The molecular weight excluding hydrogens is 466 g/mol. The van der Waals surface area contributed by atoms with Gasteiger partial charge in [-0.25, -0.2) is 9.78 Å². The summed E-state index contributed by atoms with van der Waals surface area (Å²) in [6.45, 7) is 2.48. The molecule has 0 aliphatic heterocycles. The summed E-state index contributed by atoms with van der Waals surface area (Å²) in [5.74, 6) is 1.26. The summed E-state index contributed by atoms with van der Waals surface area (Å²) in [5, 5.41) is 8.45. The molecular formula is C29H25N5O3. The lowest BCUT2D eigenvalue weighted by Gasteiger charge is -2.10. The van der Waals surface area contributed by atoms with Crippen LogP contribution < -0.4 is 20.7 Å². The molecule has 0 unspecified atom stereocenters. The first-order valence-electron chi connectivity index (χ1n) is 11.8. The molecule has 1 aromatic heterocycles. The van der Waals surface area contributed by atoms with Crippen molar-refractivity contribution in [2.75, 3.05) is 22.6 Å². The average Bonchev–Trinajstić information content (AvgIpc) is 3.35. The van der Waals surface area contributed by atoms with Gasteiger partial charge in [-0.05, 0) is 91.9 Å². The number of urea groups is 1. The lowest BCUT2D eigenvalue weighted by Crippen LogP contribution is -2.19. The van der Waals surface area contributed by atoms with E-state index < -0.39 is 0 Å². The molecule has 0 bridgehead atoms. The molecule has 3 amide bonds. The Labute approximate surface area is 213 Å². The fourth-order valence-electron chi connectivity index (χ4n) is 3.80. The Kier molecular flexibility index (Phi) is 6.80. The first kappa shape index (κ1) is 23.6. The van der Waals surface area contributed by atoms with E-state index in [2.05, 4.69) is 25.9 Å². The minimum absolute atomic E-state index is 0.229. The molecule has 0 saturated carbocycles. The summed E-state index contributed by atoms with van der Waals surface area (Å²) in [4.78, 5) is 32.8. The van der Waals surface area contributed by atoms with Gasteiger partial charge in [-0.3, -0.25) is 4.79 Å². The molecule has 5 aromatic rings. The lowest BCUT2D eigenvalue weighted by atomic mass is 10.2. The van der Waals surface area contributed by atoms with Gasteiger partial charge in [0.2, 0.25) is 0 Å². The molecule has 0 spiro atoms. The van der Waals surface area contributed by atoms with E-state index in [1.165, 1.54) is 0 Å². The number of amides is 3. The predicted molar refractivity (Wildman–Crippen MR) is 146 cm³/mol. The second-order valence-corrected chi connectivity index (χ2v) is 8.25. The molecule has 184 valence electrons. The minimum atomic E-state index is -0.373. The van der Waals surface area contributed by atoms with Crippen LogP contribution in [-0.2, 0) is 0 Å². The molecule has 1 heterocycles. The molecule has 5 rings (SSSR count). The van der Waals surface area contributed by atoms with Gasteiger partial charge in [-0.15, -0.1) is 0 Å². The van der Waals surface area contributed by atoms with E-state index in [-0.39, 0.29) is 11.9 Å². The van der Waals surface area contributed by atoms with Gasteiger partial charge in [0, 0.05) is 28.2 Å².